The number of carbonyl (C=O) groups is 1. The Morgan fingerprint density at radius 3 is 2.90 bits per heavy atom. The van der Waals surface area contributed by atoms with Crippen molar-refractivity contribution >= 4 is 11.7 Å². The third-order valence-corrected chi connectivity index (χ3v) is 3.85. The van der Waals surface area contributed by atoms with Crippen LogP contribution in [0.15, 0.2) is 12.3 Å². The molecular weight excluding hydrogens is 271 g/mol. The molecule has 1 atom stereocenters. The third kappa shape index (κ3) is 3.91. The van der Waals surface area contributed by atoms with Crippen LogP contribution in [0.2, 0.25) is 0 Å². The minimum atomic E-state index is -0.597. The minimum Gasteiger partial charge on any atom is -0.368 e. The number of anilines is 1. The second-order valence-electron chi connectivity index (χ2n) is 5.51. The van der Waals surface area contributed by atoms with Crippen molar-refractivity contribution < 1.29 is 9.18 Å². The van der Waals surface area contributed by atoms with Crippen LogP contribution in [0.5, 0.6) is 0 Å². The summed E-state index contributed by atoms with van der Waals surface area (Å²) in [4.78, 5) is 18.3. The fraction of sp³-hybridized carbons (Fsp3) is 0.600. The van der Waals surface area contributed by atoms with Crippen LogP contribution in [-0.4, -0.2) is 48.0 Å². The Morgan fingerprint density at radius 2 is 2.29 bits per heavy atom. The molecule has 116 valence electrons. The molecular formula is C15H23FN4O. The van der Waals surface area contributed by atoms with Crippen LogP contribution < -0.4 is 10.6 Å². The van der Waals surface area contributed by atoms with Gasteiger partial charge in [0.25, 0.3) is 5.91 Å². The zero-order valence-electron chi connectivity index (χ0n) is 12.8. The average Bonchev–Trinajstić information content (AvgIpc) is 3.30. The van der Waals surface area contributed by atoms with E-state index in [1.165, 1.54) is 25.1 Å². The molecule has 1 amide bonds. The van der Waals surface area contributed by atoms with Gasteiger partial charge < -0.3 is 10.6 Å². The van der Waals surface area contributed by atoms with Crippen molar-refractivity contribution in [3.8, 4) is 0 Å². The lowest BCUT2D eigenvalue weighted by atomic mass is 10.2. The van der Waals surface area contributed by atoms with Gasteiger partial charge in [-0.3, -0.25) is 9.69 Å². The number of amides is 1. The first-order valence-corrected chi connectivity index (χ1v) is 7.43. The van der Waals surface area contributed by atoms with Crippen molar-refractivity contribution in [2.45, 2.75) is 38.8 Å². The molecule has 0 aromatic carbocycles. The standard InChI is InChI=1S/C15H23FN4O/c1-4-17-14-13(16)12(7-8-18-14)15(21)19-9-10(2)20(3)11-5-6-11/h7-8,10-11H,4-6,9H2,1-3H3,(H,17,18)(H,19,21). The molecule has 1 unspecified atom stereocenters. The van der Waals surface area contributed by atoms with Gasteiger partial charge in [-0.15, -0.1) is 0 Å². The molecule has 21 heavy (non-hydrogen) atoms. The van der Waals surface area contributed by atoms with E-state index in [1.54, 1.807) is 0 Å². The van der Waals surface area contributed by atoms with Gasteiger partial charge in [-0.05, 0) is 39.8 Å². The molecule has 0 saturated heterocycles. The van der Waals surface area contributed by atoms with E-state index in [4.69, 9.17) is 0 Å². The Hall–Kier alpha value is -1.69. The second kappa shape index (κ2) is 6.85. The van der Waals surface area contributed by atoms with E-state index >= 15 is 0 Å². The van der Waals surface area contributed by atoms with Crippen molar-refractivity contribution in [2.75, 3.05) is 25.5 Å². The van der Waals surface area contributed by atoms with E-state index in [0.717, 1.165) is 0 Å². The highest BCUT2D eigenvalue weighted by Crippen LogP contribution is 2.26. The van der Waals surface area contributed by atoms with Crippen LogP contribution in [0.3, 0.4) is 0 Å². The van der Waals surface area contributed by atoms with E-state index in [2.05, 4.69) is 34.5 Å². The fourth-order valence-electron chi connectivity index (χ4n) is 2.23. The monoisotopic (exact) mass is 294 g/mol. The molecule has 1 aromatic heterocycles. The molecule has 1 aliphatic carbocycles. The van der Waals surface area contributed by atoms with Gasteiger partial charge in [0, 0.05) is 31.4 Å². The van der Waals surface area contributed by atoms with Gasteiger partial charge in [0.1, 0.15) is 0 Å². The maximum Gasteiger partial charge on any atom is 0.254 e. The van der Waals surface area contributed by atoms with Crippen LogP contribution in [0.4, 0.5) is 10.2 Å². The van der Waals surface area contributed by atoms with E-state index in [0.29, 0.717) is 19.1 Å². The van der Waals surface area contributed by atoms with Crippen molar-refractivity contribution in [3.05, 3.63) is 23.6 Å². The summed E-state index contributed by atoms with van der Waals surface area (Å²) in [7, 11) is 2.06. The molecule has 0 radical (unpaired) electrons. The summed E-state index contributed by atoms with van der Waals surface area (Å²) in [5.74, 6) is -0.876. The first-order valence-electron chi connectivity index (χ1n) is 7.43. The van der Waals surface area contributed by atoms with Crippen LogP contribution >= 0.6 is 0 Å². The number of rotatable bonds is 7. The third-order valence-electron chi connectivity index (χ3n) is 3.85. The van der Waals surface area contributed by atoms with E-state index in [9.17, 15) is 9.18 Å². The first kappa shape index (κ1) is 15.7. The molecule has 0 spiro atoms. The highest BCUT2D eigenvalue weighted by molar-refractivity contribution is 5.95. The predicted molar refractivity (Wildman–Crippen MR) is 80.9 cm³/mol. The van der Waals surface area contributed by atoms with Gasteiger partial charge in [-0.1, -0.05) is 0 Å². The topological polar surface area (TPSA) is 57.3 Å². The maximum atomic E-state index is 14.1. The Kier molecular flexibility index (Phi) is 5.12. The second-order valence-corrected chi connectivity index (χ2v) is 5.51. The van der Waals surface area contributed by atoms with Crippen molar-refractivity contribution in [3.63, 3.8) is 0 Å². The van der Waals surface area contributed by atoms with Crippen LogP contribution in [0.25, 0.3) is 0 Å². The summed E-state index contributed by atoms with van der Waals surface area (Å²) in [6, 6.07) is 2.27. The van der Waals surface area contributed by atoms with Gasteiger partial charge in [-0.25, -0.2) is 9.37 Å². The van der Waals surface area contributed by atoms with Crippen LogP contribution in [0.1, 0.15) is 37.0 Å². The highest BCUT2D eigenvalue weighted by Gasteiger charge is 2.29. The predicted octanol–water partition coefficient (Wildman–Crippen LogP) is 1.86. The largest absolute Gasteiger partial charge is 0.368 e. The molecule has 0 aliphatic heterocycles. The zero-order valence-corrected chi connectivity index (χ0v) is 12.8. The molecule has 0 bridgehead atoms. The first-order chi connectivity index (χ1) is 10.0. The van der Waals surface area contributed by atoms with Crippen LogP contribution in [-0.2, 0) is 0 Å². The summed E-state index contributed by atoms with van der Waals surface area (Å²) in [5.41, 5.74) is 0.0298. The molecule has 1 saturated carbocycles. The minimum absolute atomic E-state index is 0.0298. The number of nitrogens with zero attached hydrogens (tertiary/aromatic N) is 2. The van der Waals surface area contributed by atoms with Gasteiger partial charge >= 0.3 is 0 Å². The zero-order chi connectivity index (χ0) is 15.4. The molecule has 5 nitrogen and oxygen atoms in total. The highest BCUT2D eigenvalue weighted by atomic mass is 19.1. The van der Waals surface area contributed by atoms with Gasteiger partial charge in [0.2, 0.25) is 0 Å². The van der Waals surface area contributed by atoms with Gasteiger partial charge in [0.15, 0.2) is 11.6 Å². The van der Waals surface area contributed by atoms with E-state index < -0.39 is 11.7 Å². The number of aromatic nitrogens is 1. The summed E-state index contributed by atoms with van der Waals surface area (Å²) in [5, 5.41) is 5.60. The molecule has 6 heteroatoms. The SMILES string of the molecule is CCNc1nccc(C(=O)NCC(C)N(C)C2CC2)c1F. The number of carbonyl (C=O) groups excluding carboxylic acids is 1. The molecule has 1 aromatic rings. The van der Waals surface area contributed by atoms with E-state index in [1.807, 2.05) is 6.92 Å². The number of halogens is 1. The number of hydrogen-bond acceptors (Lipinski definition) is 4. The average molecular weight is 294 g/mol. The van der Waals surface area contributed by atoms with Crippen molar-refractivity contribution in [2.24, 2.45) is 0 Å². The molecule has 2 N–H and O–H groups in total. The maximum absolute atomic E-state index is 14.1. The van der Waals surface area contributed by atoms with Gasteiger partial charge in [0.05, 0.1) is 5.56 Å². The number of nitrogens with one attached hydrogen (secondary N) is 2. The molecule has 1 fully saturated rings. The quantitative estimate of drug-likeness (QED) is 0.806. The lowest BCUT2D eigenvalue weighted by Gasteiger charge is -2.24. The smallest absolute Gasteiger partial charge is 0.254 e. The van der Waals surface area contributed by atoms with Gasteiger partial charge in [-0.2, -0.15) is 0 Å². The molecule has 2 rings (SSSR count). The van der Waals surface area contributed by atoms with Crippen LogP contribution in [0, 0.1) is 5.82 Å². The normalized spacial score (nSPS) is 15.9. The molecule has 1 heterocycles. The Bertz CT molecular complexity index is 504. The summed E-state index contributed by atoms with van der Waals surface area (Å²) >= 11 is 0. The summed E-state index contributed by atoms with van der Waals surface area (Å²) < 4.78 is 14.1. The Labute approximate surface area is 124 Å². The summed E-state index contributed by atoms with van der Waals surface area (Å²) in [6.45, 7) is 4.97. The van der Waals surface area contributed by atoms with Crippen molar-refractivity contribution in [1.82, 2.24) is 15.2 Å². The number of likely N-dealkylation sites (N-methyl/N-ethyl adjacent to an activating group) is 1. The Morgan fingerprint density at radius 1 is 1.57 bits per heavy atom. The molecule has 1 aliphatic rings. The lowest BCUT2D eigenvalue weighted by Crippen LogP contribution is -2.41. The Balaban J connectivity index is 1.95. The van der Waals surface area contributed by atoms with E-state index in [-0.39, 0.29) is 17.4 Å². The van der Waals surface area contributed by atoms with Crippen molar-refractivity contribution in [1.29, 1.82) is 0 Å². The number of pyridine rings is 1. The summed E-state index contributed by atoms with van der Waals surface area (Å²) in [6.07, 6.45) is 3.88. The lowest BCUT2D eigenvalue weighted by molar-refractivity contribution is 0.0935. The number of hydrogen-bond donors (Lipinski definition) is 2. The fourth-order valence-corrected chi connectivity index (χ4v) is 2.23.